The van der Waals surface area contributed by atoms with Gasteiger partial charge in [-0.25, -0.2) is 9.97 Å². The summed E-state index contributed by atoms with van der Waals surface area (Å²) in [5.41, 5.74) is 5.75. The number of fused-ring (bicyclic) bond motifs is 3. The first kappa shape index (κ1) is 21.4. The SMILES string of the molecule is CCc1ccnc(Sc2cccc(-c3ccc4c5ccccc5n(-c5ccccc5O)c4n3)c2)c1. The maximum absolute atomic E-state index is 10.6. The lowest BCUT2D eigenvalue weighted by Crippen LogP contribution is -1.96. The van der Waals surface area contributed by atoms with E-state index in [4.69, 9.17) is 4.98 Å². The van der Waals surface area contributed by atoms with E-state index < -0.39 is 0 Å². The molecule has 0 fully saturated rings. The highest BCUT2D eigenvalue weighted by Gasteiger charge is 2.16. The third-order valence-corrected chi connectivity index (χ3v) is 7.13. The Morgan fingerprint density at radius 2 is 1.69 bits per heavy atom. The molecule has 1 N–H and O–H groups in total. The molecule has 6 aromatic rings. The molecule has 0 amide bonds. The minimum atomic E-state index is 0.225. The van der Waals surface area contributed by atoms with Crippen molar-refractivity contribution in [2.75, 3.05) is 0 Å². The van der Waals surface area contributed by atoms with Gasteiger partial charge < -0.3 is 5.11 Å². The Bertz CT molecular complexity index is 1690. The number of hydrogen-bond donors (Lipinski definition) is 1. The molecule has 6 rings (SSSR count). The highest BCUT2D eigenvalue weighted by Crippen LogP contribution is 2.36. The Balaban J connectivity index is 1.48. The summed E-state index contributed by atoms with van der Waals surface area (Å²) >= 11 is 1.66. The molecule has 3 heterocycles. The third-order valence-electron chi connectivity index (χ3n) is 6.20. The van der Waals surface area contributed by atoms with E-state index in [1.165, 1.54) is 5.56 Å². The minimum absolute atomic E-state index is 0.225. The van der Waals surface area contributed by atoms with Crippen LogP contribution in [0, 0.1) is 0 Å². The van der Waals surface area contributed by atoms with Gasteiger partial charge in [-0.3, -0.25) is 4.57 Å². The summed E-state index contributed by atoms with van der Waals surface area (Å²) < 4.78 is 2.04. The first-order chi connectivity index (χ1) is 17.2. The Morgan fingerprint density at radius 1 is 0.829 bits per heavy atom. The number of nitrogens with zero attached hydrogens (tertiary/aromatic N) is 3. The van der Waals surface area contributed by atoms with Gasteiger partial charge in [-0.15, -0.1) is 0 Å². The average molecular weight is 474 g/mol. The maximum atomic E-state index is 10.6. The first-order valence-corrected chi connectivity index (χ1v) is 12.4. The Morgan fingerprint density at radius 3 is 2.57 bits per heavy atom. The largest absolute Gasteiger partial charge is 0.506 e. The fraction of sp³-hybridized carbons (Fsp3) is 0.0667. The number of rotatable bonds is 5. The van der Waals surface area contributed by atoms with E-state index in [0.717, 1.165) is 55.2 Å². The van der Waals surface area contributed by atoms with Gasteiger partial charge in [0.15, 0.2) is 0 Å². The number of hydrogen-bond acceptors (Lipinski definition) is 4. The van der Waals surface area contributed by atoms with Crippen molar-refractivity contribution in [3.05, 3.63) is 109 Å². The van der Waals surface area contributed by atoms with Gasteiger partial charge in [0.05, 0.1) is 16.9 Å². The molecule has 5 heteroatoms. The van der Waals surface area contributed by atoms with Gasteiger partial charge in [0.1, 0.15) is 16.4 Å². The second-order valence-corrected chi connectivity index (χ2v) is 9.49. The second-order valence-electron chi connectivity index (χ2n) is 8.39. The summed E-state index contributed by atoms with van der Waals surface area (Å²) in [5.74, 6) is 0.225. The molecular weight excluding hydrogens is 450 g/mol. The summed E-state index contributed by atoms with van der Waals surface area (Å²) in [6.45, 7) is 2.15. The molecule has 35 heavy (non-hydrogen) atoms. The van der Waals surface area contributed by atoms with Crippen molar-refractivity contribution in [3.8, 4) is 22.7 Å². The van der Waals surface area contributed by atoms with E-state index in [1.807, 2.05) is 41.1 Å². The first-order valence-electron chi connectivity index (χ1n) is 11.6. The molecule has 0 saturated carbocycles. The average Bonchev–Trinajstić information content (AvgIpc) is 3.23. The molecule has 0 aliphatic heterocycles. The van der Waals surface area contributed by atoms with Crippen molar-refractivity contribution < 1.29 is 5.11 Å². The van der Waals surface area contributed by atoms with Gasteiger partial charge in [0.25, 0.3) is 0 Å². The van der Waals surface area contributed by atoms with Crippen LogP contribution in [0.1, 0.15) is 12.5 Å². The summed E-state index contributed by atoms with van der Waals surface area (Å²) in [6.07, 6.45) is 2.86. The van der Waals surface area contributed by atoms with Crippen LogP contribution in [-0.4, -0.2) is 19.6 Å². The molecule has 170 valence electrons. The van der Waals surface area contributed by atoms with Gasteiger partial charge >= 0.3 is 0 Å². The minimum Gasteiger partial charge on any atom is -0.506 e. The molecule has 0 aliphatic carbocycles. The number of aromatic hydroxyl groups is 1. The zero-order chi connectivity index (χ0) is 23.8. The number of benzene rings is 3. The topological polar surface area (TPSA) is 50.9 Å². The number of phenolic OH excluding ortho intramolecular Hbond substituents is 1. The standard InChI is InChI=1S/C30H23N3OS/c1-2-20-16-17-31-29(18-20)35-22-9-7-8-21(19-22)25-15-14-24-23-10-3-4-11-26(23)33(30(24)32-25)27-12-5-6-13-28(27)34/h3-19,34H,2H2,1H3. The lowest BCUT2D eigenvalue weighted by atomic mass is 10.1. The van der Waals surface area contributed by atoms with Crippen LogP contribution in [0.15, 0.2) is 113 Å². The number of aromatic nitrogens is 3. The number of aryl methyl sites for hydroxylation is 1. The van der Waals surface area contributed by atoms with Gasteiger partial charge in [-0.2, -0.15) is 0 Å². The molecule has 0 radical (unpaired) electrons. The normalized spacial score (nSPS) is 11.3. The van der Waals surface area contributed by atoms with E-state index >= 15 is 0 Å². The second kappa shape index (κ2) is 8.93. The van der Waals surface area contributed by atoms with Gasteiger partial charge in [0, 0.05) is 27.4 Å². The van der Waals surface area contributed by atoms with E-state index in [-0.39, 0.29) is 5.75 Å². The monoisotopic (exact) mass is 473 g/mol. The zero-order valence-electron chi connectivity index (χ0n) is 19.2. The highest BCUT2D eigenvalue weighted by atomic mass is 32.2. The van der Waals surface area contributed by atoms with Crippen molar-refractivity contribution in [1.82, 2.24) is 14.5 Å². The van der Waals surface area contributed by atoms with Crippen molar-refractivity contribution >= 4 is 33.7 Å². The number of phenols is 1. The van der Waals surface area contributed by atoms with Crippen LogP contribution in [0.4, 0.5) is 0 Å². The van der Waals surface area contributed by atoms with Crippen LogP contribution in [0.3, 0.4) is 0 Å². The lowest BCUT2D eigenvalue weighted by molar-refractivity contribution is 0.473. The van der Waals surface area contributed by atoms with Gasteiger partial charge in [0.2, 0.25) is 0 Å². The van der Waals surface area contributed by atoms with Crippen LogP contribution in [0.2, 0.25) is 0 Å². The van der Waals surface area contributed by atoms with E-state index in [1.54, 1.807) is 17.8 Å². The molecule has 0 atom stereocenters. The summed E-state index contributed by atoms with van der Waals surface area (Å²) in [5, 5.41) is 13.8. The van der Waals surface area contributed by atoms with Gasteiger partial charge in [-0.1, -0.05) is 61.2 Å². The quantitative estimate of drug-likeness (QED) is 0.279. The Labute approximate surface area is 207 Å². The van der Waals surface area contributed by atoms with Gasteiger partial charge in [-0.05, 0) is 66.6 Å². The highest BCUT2D eigenvalue weighted by molar-refractivity contribution is 7.99. The van der Waals surface area contributed by atoms with Crippen molar-refractivity contribution in [2.24, 2.45) is 0 Å². The maximum Gasteiger partial charge on any atom is 0.146 e. The lowest BCUT2D eigenvalue weighted by Gasteiger charge is -2.10. The molecule has 0 aliphatic rings. The molecule has 4 nitrogen and oxygen atoms in total. The van der Waals surface area contributed by atoms with E-state index in [2.05, 4.69) is 72.6 Å². The fourth-order valence-corrected chi connectivity index (χ4v) is 5.36. The number of para-hydroxylation sites is 3. The Hall–Kier alpha value is -4.09. The molecule has 0 unspecified atom stereocenters. The summed E-state index contributed by atoms with van der Waals surface area (Å²) in [4.78, 5) is 10.7. The van der Waals surface area contributed by atoms with Crippen molar-refractivity contribution in [1.29, 1.82) is 0 Å². The molecule has 0 saturated heterocycles. The molecule has 3 aromatic carbocycles. The Kier molecular flexibility index (Phi) is 5.47. The van der Waals surface area contributed by atoms with Crippen LogP contribution >= 0.6 is 11.8 Å². The fourth-order valence-electron chi connectivity index (χ4n) is 4.46. The summed E-state index contributed by atoms with van der Waals surface area (Å²) in [7, 11) is 0. The zero-order valence-corrected chi connectivity index (χ0v) is 20.0. The number of pyridine rings is 2. The van der Waals surface area contributed by atoms with Crippen LogP contribution in [-0.2, 0) is 6.42 Å². The predicted octanol–water partition coefficient (Wildman–Crippen LogP) is 7.66. The predicted molar refractivity (Wildman–Crippen MR) is 143 cm³/mol. The molecule has 0 spiro atoms. The van der Waals surface area contributed by atoms with Crippen molar-refractivity contribution in [2.45, 2.75) is 23.3 Å². The molecule has 0 bridgehead atoms. The smallest absolute Gasteiger partial charge is 0.146 e. The van der Waals surface area contributed by atoms with E-state index in [0.29, 0.717) is 0 Å². The summed E-state index contributed by atoms with van der Waals surface area (Å²) in [6, 6.07) is 32.4. The van der Waals surface area contributed by atoms with Crippen LogP contribution < -0.4 is 0 Å². The molecular formula is C30H23N3OS. The van der Waals surface area contributed by atoms with Crippen molar-refractivity contribution in [3.63, 3.8) is 0 Å². The van der Waals surface area contributed by atoms with E-state index in [9.17, 15) is 5.11 Å². The molecule has 3 aromatic heterocycles. The van der Waals surface area contributed by atoms with Crippen LogP contribution in [0.25, 0.3) is 38.9 Å². The van der Waals surface area contributed by atoms with Crippen LogP contribution in [0.5, 0.6) is 5.75 Å². The third kappa shape index (κ3) is 3.94.